The van der Waals surface area contributed by atoms with Gasteiger partial charge in [0.2, 0.25) is 12.7 Å². The van der Waals surface area contributed by atoms with E-state index in [-0.39, 0.29) is 38.3 Å². The van der Waals surface area contributed by atoms with Gasteiger partial charge in [0.25, 0.3) is 0 Å². The summed E-state index contributed by atoms with van der Waals surface area (Å²) in [6.45, 7) is 10.2. The van der Waals surface area contributed by atoms with Crippen LogP contribution in [0.4, 0.5) is 9.59 Å². The zero-order valence-electron chi connectivity index (χ0n) is 31.4. The Bertz CT molecular complexity index is 1850. The molecule has 0 radical (unpaired) electrons. The average Bonchev–Trinajstić information content (AvgIpc) is 3.57. The number of rotatable bonds is 9. The summed E-state index contributed by atoms with van der Waals surface area (Å²) in [5.41, 5.74) is 3.55. The third-order valence-corrected chi connectivity index (χ3v) is 10.4. The van der Waals surface area contributed by atoms with Crippen molar-refractivity contribution in [3.05, 3.63) is 39.4 Å². The van der Waals surface area contributed by atoms with Crippen LogP contribution in [0.2, 0.25) is 0 Å². The van der Waals surface area contributed by atoms with Crippen LogP contribution in [0, 0.1) is 25.2 Å². The lowest BCUT2D eigenvalue weighted by atomic mass is 9.71. The predicted octanol–water partition coefficient (Wildman–Crippen LogP) is 3.88. The summed E-state index contributed by atoms with van der Waals surface area (Å²) < 4.78 is 40.2. The molecule has 1 saturated heterocycles. The highest BCUT2D eigenvalue weighted by Gasteiger charge is 2.57. The van der Waals surface area contributed by atoms with E-state index in [2.05, 4.69) is 32.6 Å². The summed E-state index contributed by atoms with van der Waals surface area (Å²) >= 11 is 0. The van der Waals surface area contributed by atoms with Crippen LogP contribution in [0.25, 0.3) is 0 Å². The monoisotopic (exact) mass is 737 g/mol. The molecule has 53 heavy (non-hydrogen) atoms. The van der Waals surface area contributed by atoms with Gasteiger partial charge in [-0.15, -0.1) is 0 Å². The van der Waals surface area contributed by atoms with E-state index in [0.29, 0.717) is 46.1 Å². The first kappa shape index (κ1) is 37.8. The Hall–Kier alpha value is -4.98. The normalized spacial score (nSPS) is 23.4. The van der Waals surface area contributed by atoms with Gasteiger partial charge in [-0.1, -0.05) is 6.07 Å². The summed E-state index contributed by atoms with van der Waals surface area (Å²) in [7, 11) is 5.09. The Morgan fingerprint density at radius 2 is 1.79 bits per heavy atom. The van der Waals surface area contributed by atoms with E-state index in [1.807, 2.05) is 14.0 Å². The minimum atomic E-state index is -1.50. The fraction of sp³-hybridized carbons (Fsp3) is 0.568. The number of benzene rings is 2. The number of aryl methyl sites for hydroxylation is 1. The number of nitrogens with one attached hydrogen (secondary N) is 2. The third kappa shape index (κ3) is 6.73. The number of methoxy groups -OCH3 is 2. The molecule has 2 aromatic carbocycles. The molecule has 16 nitrogen and oxygen atoms in total. The highest BCUT2D eigenvalue weighted by atomic mass is 16.7. The second kappa shape index (κ2) is 14.4. The molecule has 4 aliphatic heterocycles. The maximum atomic E-state index is 13.6. The SMILES string of the molecule is COCOc1c(OC)c(C)cc2c1[C@@H]1C3Cc4c(OC(=O)O)c(C)c5c(c4[C@H](CNC(=O)[C@@H](C)NC(=O)OC(C)(C)C)N3[C@@H](C#N)[C@H](C2)N1C)OCO5. The third-order valence-electron chi connectivity index (χ3n) is 10.4. The fourth-order valence-electron chi connectivity index (χ4n) is 8.39. The maximum absolute atomic E-state index is 13.6. The molecule has 2 bridgehead atoms. The Balaban J connectivity index is 1.51. The van der Waals surface area contributed by atoms with E-state index in [4.69, 9.17) is 33.2 Å². The molecule has 4 heterocycles. The molecule has 1 fully saturated rings. The summed E-state index contributed by atoms with van der Waals surface area (Å²) in [6, 6.07) is 1.11. The van der Waals surface area contributed by atoms with Crippen LogP contribution in [0.15, 0.2) is 6.07 Å². The largest absolute Gasteiger partial charge is 0.511 e. The Labute approximate surface area is 308 Å². The summed E-state index contributed by atoms with van der Waals surface area (Å²) in [4.78, 5) is 42.6. The molecule has 3 N–H and O–H groups in total. The van der Waals surface area contributed by atoms with Crippen molar-refractivity contribution in [1.29, 1.82) is 5.26 Å². The van der Waals surface area contributed by atoms with Gasteiger partial charge in [0.15, 0.2) is 29.8 Å². The number of carbonyl (C=O) groups excluding carboxylic acids is 2. The Morgan fingerprint density at radius 1 is 1.08 bits per heavy atom. The van der Waals surface area contributed by atoms with Gasteiger partial charge in [-0.25, -0.2) is 9.59 Å². The summed E-state index contributed by atoms with van der Waals surface area (Å²) in [5, 5.41) is 26.4. The molecule has 2 amide bonds. The number of hydrogen-bond acceptors (Lipinski definition) is 13. The molecule has 6 atom stereocenters. The van der Waals surface area contributed by atoms with Crippen LogP contribution in [0.3, 0.4) is 0 Å². The van der Waals surface area contributed by atoms with Crippen molar-refractivity contribution in [3.8, 4) is 34.8 Å². The van der Waals surface area contributed by atoms with Crippen LogP contribution in [0.1, 0.15) is 73.2 Å². The van der Waals surface area contributed by atoms with Gasteiger partial charge in [-0.05, 0) is 72.6 Å². The molecule has 4 aliphatic rings. The van der Waals surface area contributed by atoms with Crippen molar-refractivity contribution in [2.24, 2.45) is 0 Å². The number of hydrogen-bond donors (Lipinski definition) is 3. The number of carbonyl (C=O) groups is 3. The highest BCUT2D eigenvalue weighted by Crippen LogP contribution is 2.58. The molecule has 0 aromatic heterocycles. The lowest BCUT2D eigenvalue weighted by Gasteiger charge is -2.60. The standard InChI is InChI=1S/C37H47N5O11/c1-17-10-20-11-22-24(13-38)42-23(28(41(22)7)26(20)32(29(17)48-9)49-15-47-8)12-21-27(33-31(50-16-51-33)18(2)30(21)52-36(45)46)25(42)14-39-34(43)19(3)40-35(44)53-37(4,5)6/h10,19,22-25,28H,11-12,14-16H2,1-9H3,(H,39,43)(H,40,44)(H,45,46)/t19-,22+,23?,24+,25+,28+/m1/s1. The van der Waals surface area contributed by atoms with Gasteiger partial charge < -0.3 is 48.9 Å². The number of ether oxygens (including phenoxy) is 7. The van der Waals surface area contributed by atoms with Crippen molar-refractivity contribution in [3.63, 3.8) is 0 Å². The lowest BCUT2D eigenvalue weighted by molar-refractivity contribution is -0.123. The van der Waals surface area contributed by atoms with Gasteiger partial charge in [0, 0.05) is 48.0 Å². The van der Waals surface area contributed by atoms with E-state index in [9.17, 15) is 24.8 Å². The van der Waals surface area contributed by atoms with Crippen LogP contribution in [-0.4, -0.2) is 104 Å². The zero-order chi connectivity index (χ0) is 38.5. The number of alkyl carbamates (subject to hydrolysis) is 1. The molecule has 1 unspecified atom stereocenters. The number of nitriles is 1. The van der Waals surface area contributed by atoms with E-state index in [1.54, 1.807) is 41.7 Å². The first-order valence-corrected chi connectivity index (χ1v) is 17.5. The maximum Gasteiger partial charge on any atom is 0.511 e. The van der Waals surface area contributed by atoms with E-state index in [1.165, 1.54) is 7.11 Å². The molecule has 0 saturated carbocycles. The topological polar surface area (TPSA) is 190 Å². The summed E-state index contributed by atoms with van der Waals surface area (Å²) in [5.74, 6) is 1.43. The van der Waals surface area contributed by atoms with Gasteiger partial charge in [-0.3, -0.25) is 14.6 Å². The summed E-state index contributed by atoms with van der Waals surface area (Å²) in [6.07, 6.45) is -1.49. The number of fused-ring (bicyclic) bond motifs is 9. The minimum absolute atomic E-state index is 0.0341. The second-order valence-electron chi connectivity index (χ2n) is 14.8. The van der Waals surface area contributed by atoms with Crippen molar-refractivity contribution in [1.82, 2.24) is 20.4 Å². The molecule has 2 aromatic rings. The van der Waals surface area contributed by atoms with Gasteiger partial charge >= 0.3 is 12.2 Å². The van der Waals surface area contributed by atoms with E-state index < -0.39 is 54.0 Å². The fourth-order valence-corrected chi connectivity index (χ4v) is 8.39. The average molecular weight is 738 g/mol. The van der Waals surface area contributed by atoms with Crippen molar-refractivity contribution in [2.45, 2.75) is 96.2 Å². The molecule has 286 valence electrons. The van der Waals surface area contributed by atoms with Crippen molar-refractivity contribution >= 4 is 18.2 Å². The molecule has 0 spiro atoms. The molecular weight excluding hydrogens is 690 g/mol. The molecule has 0 aliphatic carbocycles. The number of likely N-dealkylation sites (N-methyl/N-ethyl adjacent to an activating group) is 1. The first-order chi connectivity index (χ1) is 25.1. The first-order valence-electron chi connectivity index (χ1n) is 17.5. The van der Waals surface area contributed by atoms with Crippen LogP contribution >= 0.6 is 0 Å². The number of amides is 2. The van der Waals surface area contributed by atoms with Crippen molar-refractivity contribution in [2.75, 3.05) is 41.4 Å². The number of nitrogens with zero attached hydrogens (tertiary/aromatic N) is 3. The zero-order valence-corrected chi connectivity index (χ0v) is 31.4. The van der Waals surface area contributed by atoms with Gasteiger partial charge in [0.05, 0.1) is 25.3 Å². The lowest BCUT2D eigenvalue weighted by Crippen LogP contribution is -2.69. The van der Waals surface area contributed by atoms with Crippen LogP contribution in [-0.2, 0) is 27.1 Å². The number of carboxylic acid groups (broad SMARTS) is 1. The van der Waals surface area contributed by atoms with E-state index >= 15 is 0 Å². The van der Waals surface area contributed by atoms with E-state index in [0.717, 1.165) is 16.7 Å². The van der Waals surface area contributed by atoms with Crippen molar-refractivity contribution < 1.29 is 52.6 Å². The Kier molecular flexibility index (Phi) is 10.3. The van der Waals surface area contributed by atoms with Crippen LogP contribution in [0.5, 0.6) is 28.7 Å². The highest BCUT2D eigenvalue weighted by molar-refractivity contribution is 5.85. The smallest absolute Gasteiger partial charge is 0.493 e. The molecule has 6 rings (SSSR count). The molecule has 16 heteroatoms. The van der Waals surface area contributed by atoms with Crippen LogP contribution < -0.4 is 34.3 Å². The Morgan fingerprint density at radius 3 is 2.43 bits per heavy atom. The quantitative estimate of drug-likeness (QED) is 0.191. The van der Waals surface area contributed by atoms with Gasteiger partial charge in [0.1, 0.15) is 23.4 Å². The van der Waals surface area contributed by atoms with Gasteiger partial charge in [-0.2, -0.15) is 5.26 Å². The predicted molar refractivity (Wildman–Crippen MR) is 188 cm³/mol. The second-order valence-corrected chi connectivity index (χ2v) is 14.8. The number of piperazine rings is 1. The minimum Gasteiger partial charge on any atom is -0.493 e. The molecular formula is C37H47N5O11.